The van der Waals surface area contributed by atoms with Gasteiger partial charge in [0.15, 0.2) is 5.75 Å². The van der Waals surface area contributed by atoms with Gasteiger partial charge in [-0.2, -0.15) is 0 Å². The molecule has 0 aliphatic rings. The van der Waals surface area contributed by atoms with Crippen LogP contribution in [0, 0.1) is 0 Å². The van der Waals surface area contributed by atoms with Crippen molar-refractivity contribution in [2.75, 3.05) is 5.73 Å². The molecule has 0 saturated carbocycles. The Morgan fingerprint density at radius 2 is 2.05 bits per heavy atom. The Balaban J connectivity index is 2.26. The molecule has 5 heteroatoms. The van der Waals surface area contributed by atoms with E-state index in [-0.39, 0.29) is 23.2 Å². The summed E-state index contributed by atoms with van der Waals surface area (Å²) in [6, 6.07) is 10.8. The van der Waals surface area contributed by atoms with Crippen molar-refractivity contribution in [3.8, 4) is 5.75 Å². The van der Waals surface area contributed by atoms with E-state index >= 15 is 0 Å². The Bertz CT molecular complexity index is 584. The van der Waals surface area contributed by atoms with Crippen molar-refractivity contribution in [2.24, 2.45) is 0 Å². The molecule has 1 aromatic heterocycles. The smallest absolute Gasteiger partial charge is 0.339 e. The van der Waals surface area contributed by atoms with Crippen LogP contribution in [0.15, 0.2) is 42.6 Å². The van der Waals surface area contributed by atoms with Gasteiger partial charge in [-0.25, -0.2) is 9.78 Å². The maximum Gasteiger partial charge on any atom is 0.339 e. The van der Waals surface area contributed by atoms with Crippen molar-refractivity contribution in [3.05, 3.63) is 53.7 Å². The highest BCUT2D eigenvalue weighted by Crippen LogP contribution is 2.25. The molecule has 1 atom stereocenters. The van der Waals surface area contributed by atoms with E-state index in [4.69, 9.17) is 15.6 Å². The number of nitrogens with two attached hydrogens (primary N) is 1. The lowest BCUT2D eigenvalue weighted by Gasteiger charge is -2.16. The second-order valence-electron chi connectivity index (χ2n) is 4.08. The number of nitrogen functional groups attached to an aromatic ring is 1. The fourth-order valence-corrected chi connectivity index (χ4v) is 1.70. The zero-order chi connectivity index (χ0) is 13.8. The molecule has 1 heterocycles. The molecule has 1 unspecified atom stereocenters. The molecule has 3 N–H and O–H groups in total. The topological polar surface area (TPSA) is 85.4 Å². The summed E-state index contributed by atoms with van der Waals surface area (Å²) in [5.74, 6) is -0.737. The molecular formula is C14H14N2O3. The number of anilines is 1. The summed E-state index contributed by atoms with van der Waals surface area (Å²) < 4.78 is 5.65. The first-order valence-corrected chi connectivity index (χ1v) is 5.78. The van der Waals surface area contributed by atoms with Gasteiger partial charge in [0.1, 0.15) is 17.5 Å². The van der Waals surface area contributed by atoms with E-state index in [2.05, 4.69) is 4.98 Å². The fraction of sp³-hybridized carbons (Fsp3) is 0.143. The zero-order valence-corrected chi connectivity index (χ0v) is 10.4. The number of nitrogens with zero attached hydrogens (tertiary/aromatic N) is 1. The van der Waals surface area contributed by atoms with Gasteiger partial charge >= 0.3 is 5.97 Å². The van der Waals surface area contributed by atoms with Gasteiger partial charge in [-0.3, -0.25) is 0 Å². The van der Waals surface area contributed by atoms with Crippen LogP contribution in [0.3, 0.4) is 0 Å². The molecule has 1 aromatic carbocycles. The van der Waals surface area contributed by atoms with Crippen molar-refractivity contribution in [3.63, 3.8) is 0 Å². The first kappa shape index (κ1) is 12.9. The molecule has 0 amide bonds. The van der Waals surface area contributed by atoms with Crippen LogP contribution in [0.25, 0.3) is 0 Å². The molecule has 0 fully saturated rings. The van der Waals surface area contributed by atoms with Gasteiger partial charge in [-0.15, -0.1) is 0 Å². The summed E-state index contributed by atoms with van der Waals surface area (Å²) >= 11 is 0. The van der Waals surface area contributed by atoms with E-state index in [1.54, 1.807) is 0 Å². The molecular weight excluding hydrogens is 244 g/mol. The fourth-order valence-electron chi connectivity index (χ4n) is 1.70. The molecule has 2 aromatic rings. The van der Waals surface area contributed by atoms with E-state index < -0.39 is 5.97 Å². The standard InChI is InChI=1S/C14H14N2O3/c1-9(10-5-3-2-4-6-10)19-12-8-16-13(15)7-11(12)14(17)18/h2-9H,1H3,(H2,15,16)(H,17,18). The third kappa shape index (κ3) is 3.01. The number of carboxylic acid groups (broad SMARTS) is 1. The third-order valence-electron chi connectivity index (χ3n) is 2.69. The number of hydrogen-bond donors (Lipinski definition) is 2. The van der Waals surface area contributed by atoms with Gasteiger partial charge in [0.05, 0.1) is 6.20 Å². The van der Waals surface area contributed by atoms with E-state index in [1.165, 1.54) is 12.3 Å². The summed E-state index contributed by atoms with van der Waals surface area (Å²) in [6.07, 6.45) is 1.06. The van der Waals surface area contributed by atoms with Gasteiger partial charge in [-0.05, 0) is 18.6 Å². The summed E-state index contributed by atoms with van der Waals surface area (Å²) in [4.78, 5) is 15.0. The number of aromatic nitrogens is 1. The van der Waals surface area contributed by atoms with Crippen molar-refractivity contribution >= 4 is 11.8 Å². The van der Waals surface area contributed by atoms with E-state index in [0.717, 1.165) is 5.56 Å². The highest BCUT2D eigenvalue weighted by Gasteiger charge is 2.15. The molecule has 0 spiro atoms. The number of carboxylic acids is 1. The van der Waals surface area contributed by atoms with Crippen LogP contribution in [0.5, 0.6) is 5.75 Å². The number of hydrogen-bond acceptors (Lipinski definition) is 4. The van der Waals surface area contributed by atoms with E-state index in [9.17, 15) is 4.79 Å². The quantitative estimate of drug-likeness (QED) is 0.880. The second kappa shape index (κ2) is 5.39. The number of rotatable bonds is 4. The summed E-state index contributed by atoms with van der Waals surface area (Å²) in [5.41, 5.74) is 6.44. The van der Waals surface area contributed by atoms with Gasteiger partial charge in [0.25, 0.3) is 0 Å². The second-order valence-corrected chi connectivity index (χ2v) is 4.08. The molecule has 0 aliphatic carbocycles. The lowest BCUT2D eigenvalue weighted by molar-refractivity contribution is 0.0689. The Labute approximate surface area is 110 Å². The minimum atomic E-state index is -1.09. The maximum absolute atomic E-state index is 11.1. The SMILES string of the molecule is CC(Oc1cnc(N)cc1C(=O)O)c1ccccc1. The lowest BCUT2D eigenvalue weighted by Crippen LogP contribution is -2.08. The van der Waals surface area contributed by atoms with Gasteiger partial charge < -0.3 is 15.6 Å². The summed E-state index contributed by atoms with van der Waals surface area (Å²) in [5, 5.41) is 9.11. The molecule has 0 saturated heterocycles. The minimum absolute atomic E-state index is 0.00952. The van der Waals surface area contributed by atoms with Crippen LogP contribution < -0.4 is 10.5 Å². The number of ether oxygens (including phenoxy) is 1. The first-order chi connectivity index (χ1) is 9.08. The van der Waals surface area contributed by atoms with Crippen LogP contribution in [0.1, 0.15) is 28.9 Å². The Morgan fingerprint density at radius 1 is 1.37 bits per heavy atom. The molecule has 98 valence electrons. The molecule has 0 radical (unpaired) electrons. The number of benzene rings is 1. The van der Waals surface area contributed by atoms with Crippen LogP contribution in [-0.2, 0) is 0 Å². The monoisotopic (exact) mass is 258 g/mol. The predicted molar refractivity (Wildman–Crippen MR) is 71.1 cm³/mol. The number of pyridine rings is 1. The van der Waals surface area contributed by atoms with Crippen LogP contribution >= 0.6 is 0 Å². The van der Waals surface area contributed by atoms with Crippen LogP contribution in [0.2, 0.25) is 0 Å². The highest BCUT2D eigenvalue weighted by molar-refractivity contribution is 5.91. The Morgan fingerprint density at radius 3 is 2.68 bits per heavy atom. The average molecular weight is 258 g/mol. The third-order valence-corrected chi connectivity index (χ3v) is 2.69. The highest BCUT2D eigenvalue weighted by atomic mass is 16.5. The van der Waals surface area contributed by atoms with E-state index in [1.807, 2.05) is 37.3 Å². The molecule has 0 aliphatic heterocycles. The normalized spacial score (nSPS) is 11.8. The first-order valence-electron chi connectivity index (χ1n) is 5.78. The summed E-state index contributed by atoms with van der Waals surface area (Å²) in [6.45, 7) is 1.84. The van der Waals surface area contributed by atoms with Crippen molar-refractivity contribution in [1.29, 1.82) is 0 Å². The molecule has 19 heavy (non-hydrogen) atoms. The van der Waals surface area contributed by atoms with Crippen molar-refractivity contribution in [2.45, 2.75) is 13.0 Å². The number of aromatic carboxylic acids is 1. The molecule has 0 bridgehead atoms. The summed E-state index contributed by atoms with van der Waals surface area (Å²) in [7, 11) is 0. The maximum atomic E-state index is 11.1. The number of carbonyl (C=O) groups is 1. The van der Waals surface area contributed by atoms with Gasteiger partial charge in [0.2, 0.25) is 0 Å². The molecule has 2 rings (SSSR count). The minimum Gasteiger partial charge on any atom is -0.483 e. The van der Waals surface area contributed by atoms with Crippen LogP contribution in [0.4, 0.5) is 5.82 Å². The van der Waals surface area contributed by atoms with Gasteiger partial charge in [0, 0.05) is 0 Å². The lowest BCUT2D eigenvalue weighted by atomic mass is 10.1. The predicted octanol–water partition coefficient (Wildman–Crippen LogP) is 2.50. The average Bonchev–Trinajstić information content (AvgIpc) is 2.41. The van der Waals surface area contributed by atoms with Crippen molar-refractivity contribution < 1.29 is 14.6 Å². The van der Waals surface area contributed by atoms with Crippen LogP contribution in [-0.4, -0.2) is 16.1 Å². The van der Waals surface area contributed by atoms with Gasteiger partial charge in [-0.1, -0.05) is 30.3 Å². The molecule has 5 nitrogen and oxygen atoms in total. The van der Waals surface area contributed by atoms with E-state index in [0.29, 0.717) is 0 Å². The zero-order valence-electron chi connectivity index (χ0n) is 10.4. The largest absolute Gasteiger partial charge is 0.483 e. The Hall–Kier alpha value is -2.56. The Kier molecular flexibility index (Phi) is 3.66. The van der Waals surface area contributed by atoms with Crippen molar-refractivity contribution in [1.82, 2.24) is 4.98 Å².